The molecule has 0 aliphatic carbocycles. The van der Waals surface area contributed by atoms with Gasteiger partial charge in [-0.1, -0.05) is 55.2 Å². The van der Waals surface area contributed by atoms with Crippen LogP contribution in [0.5, 0.6) is 11.5 Å². The Labute approximate surface area is 348 Å². The predicted molar refractivity (Wildman–Crippen MR) is 231 cm³/mol. The van der Waals surface area contributed by atoms with Crippen LogP contribution in [-0.2, 0) is 29.2 Å². The van der Waals surface area contributed by atoms with E-state index in [0.29, 0.717) is 48.7 Å². The van der Waals surface area contributed by atoms with Gasteiger partial charge in [0.1, 0.15) is 19.1 Å². The second-order valence-corrected chi connectivity index (χ2v) is 23.2. The van der Waals surface area contributed by atoms with Crippen LogP contribution in [0.3, 0.4) is 0 Å². The quantitative estimate of drug-likeness (QED) is 0.0382. The highest BCUT2D eigenvalue weighted by Gasteiger charge is 2.23. The third-order valence-electron chi connectivity index (χ3n) is 8.69. The fraction of sp³-hybridized carbons (Fsp3) is 0.325. The van der Waals surface area contributed by atoms with Gasteiger partial charge >= 0.3 is 5.97 Å². The minimum absolute atomic E-state index is 0.0696. The zero-order chi connectivity index (χ0) is 39.8. The Morgan fingerprint density at radius 2 is 1.80 bits per heavy atom. The number of esters is 1. The van der Waals surface area contributed by atoms with Crippen LogP contribution >= 0.6 is 45.3 Å². The molecule has 0 N–H and O–H groups in total. The van der Waals surface area contributed by atoms with E-state index in [0.717, 1.165) is 40.6 Å². The zero-order valence-corrected chi connectivity index (χ0v) is 37.0. The summed E-state index contributed by atoms with van der Waals surface area (Å²) in [6.45, 7) is 10.4. The van der Waals surface area contributed by atoms with Crippen molar-refractivity contribution in [2.24, 2.45) is 4.99 Å². The molecule has 0 saturated heterocycles. The minimum atomic E-state index is -1.23. The lowest BCUT2D eigenvalue weighted by Gasteiger charge is -2.16. The van der Waals surface area contributed by atoms with Crippen LogP contribution < -0.4 is 19.2 Å². The lowest BCUT2D eigenvalue weighted by Crippen LogP contribution is -2.23. The Morgan fingerprint density at radius 3 is 2.54 bits per heavy atom. The summed E-state index contributed by atoms with van der Waals surface area (Å²) in [6.07, 6.45) is 0.982. The lowest BCUT2D eigenvalue weighted by molar-refractivity contribution is 0.0465. The molecular formula is C40H44FIN6O5S2Si. The number of hydrogen-bond acceptors (Lipinski definition) is 12. The molecule has 6 rings (SSSR count). The Balaban J connectivity index is 1.21. The van der Waals surface area contributed by atoms with E-state index in [1.165, 1.54) is 17.4 Å². The van der Waals surface area contributed by atoms with Gasteiger partial charge in [0.2, 0.25) is 0 Å². The van der Waals surface area contributed by atoms with Crippen LogP contribution in [0.4, 0.5) is 21.2 Å². The number of para-hydroxylation sites is 1. The molecular weight excluding hydrogens is 883 g/mol. The number of thiazole rings is 2. The second kappa shape index (κ2) is 18.8. The Hall–Kier alpha value is -4.23. The zero-order valence-electron chi connectivity index (χ0n) is 32.2. The highest BCUT2D eigenvalue weighted by Crippen LogP contribution is 2.33. The van der Waals surface area contributed by atoms with E-state index in [9.17, 15) is 9.18 Å². The minimum Gasteiger partial charge on any atom is -0.497 e. The molecule has 6 aromatic rings. The van der Waals surface area contributed by atoms with Crippen molar-refractivity contribution in [3.63, 3.8) is 0 Å². The molecule has 0 amide bonds. The lowest BCUT2D eigenvalue weighted by atomic mass is 10.2. The van der Waals surface area contributed by atoms with Crippen LogP contribution in [-0.4, -0.2) is 61.2 Å². The number of fused-ring (bicyclic) bond motifs is 1. The SMILES string of the molecule is COc1ccc(COC(=O)c2nc(N(C)c3cc(C)c(/N=c4\sc5ccccc5n4COCC[Si](C)(C)C)nn3)sc2CCCOc2ccc(I)cc2F)cc1. The standard InChI is InChI=1S/C40H44FIN6O5S2Si/c1-26-22-35(45-46-37(26)44-40-48(25-51-20-21-56(4,5)6)31-10-7-8-11-33(31)54-40)47(2)39-43-36(38(49)53-24-27-13-16-29(50-3)17-14-27)34(55-39)12-9-19-52-32-18-15-28(42)23-30(32)41/h7-8,10-11,13-18,22-23H,9,12,19-21,24-25H2,1-6H3/b44-40-. The first kappa shape index (κ1) is 41.4. The third kappa shape index (κ3) is 10.8. The Bertz CT molecular complexity index is 2360. The molecule has 294 valence electrons. The molecule has 56 heavy (non-hydrogen) atoms. The summed E-state index contributed by atoms with van der Waals surface area (Å²) in [5.41, 5.74) is 2.90. The molecule has 11 nitrogen and oxygen atoms in total. The molecule has 0 aliphatic heterocycles. The Morgan fingerprint density at radius 1 is 1.02 bits per heavy atom. The number of aryl methyl sites for hydroxylation is 2. The van der Waals surface area contributed by atoms with Crippen molar-refractivity contribution in [1.82, 2.24) is 19.7 Å². The fourth-order valence-corrected chi connectivity index (χ4v) is 8.74. The topological polar surface area (TPSA) is 113 Å². The highest BCUT2D eigenvalue weighted by molar-refractivity contribution is 14.1. The third-order valence-corrected chi connectivity index (χ3v) is 13.3. The Kier molecular flexibility index (Phi) is 13.9. The van der Waals surface area contributed by atoms with E-state index < -0.39 is 19.9 Å². The first-order valence-electron chi connectivity index (χ1n) is 18.0. The number of nitrogens with zero attached hydrogens (tertiary/aromatic N) is 6. The van der Waals surface area contributed by atoms with Gasteiger partial charge in [-0.25, -0.2) is 14.2 Å². The molecule has 0 atom stereocenters. The van der Waals surface area contributed by atoms with E-state index in [4.69, 9.17) is 28.9 Å². The largest absolute Gasteiger partial charge is 0.497 e. The fourth-order valence-electron chi connectivity index (χ4n) is 5.45. The van der Waals surface area contributed by atoms with E-state index in [1.807, 2.05) is 56.4 Å². The van der Waals surface area contributed by atoms with Crippen molar-refractivity contribution < 1.29 is 28.1 Å². The van der Waals surface area contributed by atoms with Crippen LogP contribution in [0.1, 0.15) is 32.9 Å². The van der Waals surface area contributed by atoms with Gasteiger partial charge in [-0.3, -0.25) is 4.57 Å². The number of halogens is 2. The van der Waals surface area contributed by atoms with Crippen molar-refractivity contribution in [1.29, 1.82) is 0 Å². The van der Waals surface area contributed by atoms with Gasteiger partial charge in [-0.2, -0.15) is 4.99 Å². The molecule has 0 saturated carbocycles. The number of methoxy groups -OCH3 is 1. The van der Waals surface area contributed by atoms with Crippen LogP contribution in [0.25, 0.3) is 10.2 Å². The normalized spacial score (nSPS) is 12.0. The monoisotopic (exact) mass is 926 g/mol. The van der Waals surface area contributed by atoms with Gasteiger partial charge in [0.15, 0.2) is 38.8 Å². The number of rotatable bonds is 17. The summed E-state index contributed by atoms with van der Waals surface area (Å²) in [7, 11) is 2.20. The molecule has 0 spiro atoms. The summed E-state index contributed by atoms with van der Waals surface area (Å²) in [6, 6.07) is 23.3. The van der Waals surface area contributed by atoms with E-state index in [2.05, 4.69) is 69.1 Å². The van der Waals surface area contributed by atoms with Crippen LogP contribution in [0, 0.1) is 16.3 Å². The van der Waals surface area contributed by atoms with Crippen LogP contribution in [0.2, 0.25) is 25.7 Å². The molecule has 16 heteroatoms. The van der Waals surface area contributed by atoms with E-state index >= 15 is 0 Å². The summed E-state index contributed by atoms with van der Waals surface area (Å²) in [5, 5.41) is 9.60. The number of benzene rings is 3. The number of carbonyl (C=O) groups is 1. The molecule has 0 unspecified atom stereocenters. The summed E-state index contributed by atoms with van der Waals surface area (Å²) >= 11 is 4.99. The molecule has 3 aromatic carbocycles. The molecule has 3 aromatic heterocycles. The van der Waals surface area contributed by atoms with Crippen molar-refractivity contribution in [2.75, 3.05) is 32.3 Å². The smallest absolute Gasteiger partial charge is 0.358 e. The highest BCUT2D eigenvalue weighted by atomic mass is 127. The number of anilines is 2. The average molecular weight is 927 g/mol. The van der Waals surface area contributed by atoms with Gasteiger partial charge in [0, 0.05) is 30.2 Å². The van der Waals surface area contributed by atoms with E-state index in [1.54, 1.807) is 35.5 Å². The number of aromatic nitrogens is 4. The summed E-state index contributed by atoms with van der Waals surface area (Å²) in [5.74, 6) is 0.971. The van der Waals surface area contributed by atoms with Crippen LogP contribution in [0.15, 0.2) is 77.8 Å². The first-order valence-corrected chi connectivity index (χ1v) is 24.5. The van der Waals surface area contributed by atoms with Gasteiger partial charge < -0.3 is 23.8 Å². The van der Waals surface area contributed by atoms with Gasteiger partial charge in [0.25, 0.3) is 0 Å². The summed E-state index contributed by atoms with van der Waals surface area (Å²) in [4.78, 5) is 26.5. The number of hydrogen-bond donors (Lipinski definition) is 0. The maximum atomic E-state index is 14.4. The maximum absolute atomic E-state index is 14.4. The van der Waals surface area contributed by atoms with Crippen molar-refractivity contribution in [3.05, 3.63) is 109 Å². The predicted octanol–water partition coefficient (Wildman–Crippen LogP) is 9.69. The number of carbonyl (C=O) groups excluding carboxylic acids is 1. The summed E-state index contributed by atoms with van der Waals surface area (Å²) < 4.78 is 41.2. The van der Waals surface area contributed by atoms with Crippen molar-refractivity contribution >= 4 is 86.3 Å². The molecule has 3 heterocycles. The van der Waals surface area contributed by atoms with Gasteiger partial charge in [0.05, 0.1) is 23.9 Å². The molecule has 0 bridgehead atoms. The molecule has 0 fully saturated rings. The van der Waals surface area contributed by atoms with E-state index in [-0.39, 0.29) is 24.7 Å². The van der Waals surface area contributed by atoms with Crippen molar-refractivity contribution in [2.45, 2.75) is 58.8 Å². The number of ether oxygens (including phenoxy) is 4. The first-order chi connectivity index (χ1) is 26.9. The van der Waals surface area contributed by atoms with Gasteiger partial charge in [-0.05, 0) is 108 Å². The van der Waals surface area contributed by atoms with Crippen molar-refractivity contribution in [3.8, 4) is 11.5 Å². The molecule has 0 radical (unpaired) electrons. The average Bonchev–Trinajstić information content (AvgIpc) is 3.76. The second-order valence-electron chi connectivity index (χ2n) is 14.2. The maximum Gasteiger partial charge on any atom is 0.358 e. The van der Waals surface area contributed by atoms with Gasteiger partial charge in [-0.15, -0.1) is 21.5 Å². The molecule has 0 aliphatic rings.